The molecular weight excluding hydrogens is 556 g/mol. The summed E-state index contributed by atoms with van der Waals surface area (Å²) in [5, 5.41) is 11.1. The van der Waals surface area contributed by atoms with Crippen LogP contribution in [0.4, 0.5) is 5.69 Å². The van der Waals surface area contributed by atoms with Gasteiger partial charge in [-0.1, -0.05) is 0 Å². The third-order valence-electron chi connectivity index (χ3n) is 9.07. The van der Waals surface area contributed by atoms with Crippen LogP contribution in [0.3, 0.4) is 0 Å². The lowest BCUT2D eigenvalue weighted by Crippen LogP contribution is -2.51. The number of ether oxygens (including phenoxy) is 5. The second-order valence-corrected chi connectivity index (χ2v) is 13.3. The molecule has 2 aliphatic carbocycles. The van der Waals surface area contributed by atoms with Crippen LogP contribution in [0, 0.1) is 33.3 Å². The number of carbonyl (C=O) groups is 1. The molecule has 41 heavy (non-hydrogen) atoms. The fraction of sp³-hybridized carbons (Fsp3) is 0.750. The van der Waals surface area contributed by atoms with Crippen LogP contribution < -0.4 is 0 Å². The molecule has 2 saturated carbocycles. The smallest absolute Gasteiger partial charge is 0.302 e. The number of hydrogen-bond donors (Lipinski definition) is 0. The summed E-state index contributed by atoms with van der Waals surface area (Å²) in [6, 6.07) is 5.02. The van der Waals surface area contributed by atoms with Crippen LogP contribution in [-0.4, -0.2) is 83.3 Å². The van der Waals surface area contributed by atoms with Crippen LogP contribution in [0.25, 0.3) is 0 Å². The van der Waals surface area contributed by atoms with Crippen LogP contribution in [0.15, 0.2) is 29.2 Å². The molecule has 0 N–H and O–H groups in total. The number of methoxy groups -OCH3 is 2. The number of sulfonamides is 1. The van der Waals surface area contributed by atoms with Crippen molar-refractivity contribution in [2.75, 3.05) is 47.5 Å². The summed E-state index contributed by atoms with van der Waals surface area (Å²) in [6.07, 6.45) is 4.54. The number of carbonyl (C=O) groups excluding carboxylic acids is 1. The highest BCUT2D eigenvalue weighted by Crippen LogP contribution is 2.62. The molecular formula is C28H42N2O10S. The Bertz CT molecular complexity index is 1150. The van der Waals surface area contributed by atoms with Gasteiger partial charge >= 0.3 is 5.97 Å². The van der Waals surface area contributed by atoms with E-state index in [1.165, 1.54) is 35.5 Å². The predicted octanol–water partition coefficient (Wildman–Crippen LogP) is 3.73. The first kappa shape index (κ1) is 31.8. The molecule has 0 radical (unpaired) electrons. The Balaban J connectivity index is 1.61. The molecule has 230 valence electrons. The number of non-ortho nitro benzene ring substituents is 1. The molecule has 1 aliphatic heterocycles. The summed E-state index contributed by atoms with van der Waals surface area (Å²) < 4.78 is 57.1. The van der Waals surface area contributed by atoms with Gasteiger partial charge in [-0.15, -0.1) is 0 Å². The first-order chi connectivity index (χ1) is 19.6. The number of hydrogen-bond acceptors (Lipinski definition) is 10. The average molecular weight is 599 g/mol. The van der Waals surface area contributed by atoms with E-state index in [-0.39, 0.29) is 65.5 Å². The average Bonchev–Trinajstić information content (AvgIpc) is 3.27. The van der Waals surface area contributed by atoms with Gasteiger partial charge in [0.25, 0.3) is 5.69 Å². The van der Waals surface area contributed by atoms with Crippen molar-refractivity contribution in [3.63, 3.8) is 0 Å². The van der Waals surface area contributed by atoms with E-state index in [4.69, 9.17) is 23.7 Å². The van der Waals surface area contributed by atoms with Gasteiger partial charge in [0, 0.05) is 57.7 Å². The third-order valence-corrected chi connectivity index (χ3v) is 11.0. The highest BCUT2D eigenvalue weighted by atomic mass is 32.2. The van der Waals surface area contributed by atoms with Gasteiger partial charge in [-0.05, 0) is 68.9 Å². The molecule has 13 heteroatoms. The lowest BCUT2D eigenvalue weighted by molar-refractivity contribution is -0.384. The lowest BCUT2D eigenvalue weighted by atomic mass is 9.57. The molecule has 3 fully saturated rings. The topological polar surface area (TPSA) is 144 Å². The van der Waals surface area contributed by atoms with Gasteiger partial charge in [0.1, 0.15) is 19.7 Å². The van der Waals surface area contributed by atoms with Crippen molar-refractivity contribution in [1.29, 1.82) is 0 Å². The molecule has 0 bridgehead atoms. The van der Waals surface area contributed by atoms with E-state index in [0.29, 0.717) is 45.4 Å². The number of nitro benzene ring substituents is 1. The second-order valence-electron chi connectivity index (χ2n) is 11.4. The van der Waals surface area contributed by atoms with Crippen LogP contribution in [0.5, 0.6) is 0 Å². The normalized spacial score (nSPS) is 30.9. The molecule has 6 atom stereocenters. The zero-order chi connectivity index (χ0) is 29.6. The van der Waals surface area contributed by atoms with E-state index in [1.54, 1.807) is 14.2 Å². The van der Waals surface area contributed by atoms with E-state index in [1.807, 2.05) is 0 Å². The molecule has 1 saturated heterocycles. The second kappa shape index (κ2) is 13.9. The summed E-state index contributed by atoms with van der Waals surface area (Å²) in [4.78, 5) is 22.7. The summed E-state index contributed by atoms with van der Waals surface area (Å²) in [6.45, 7) is 2.95. The first-order valence-corrected chi connectivity index (χ1v) is 15.7. The van der Waals surface area contributed by atoms with Crippen molar-refractivity contribution in [2.45, 2.75) is 69.0 Å². The first-order valence-electron chi connectivity index (χ1n) is 14.2. The predicted molar refractivity (Wildman–Crippen MR) is 147 cm³/mol. The van der Waals surface area contributed by atoms with E-state index in [0.717, 1.165) is 19.3 Å². The summed E-state index contributed by atoms with van der Waals surface area (Å²) in [5.74, 6) is 0.147. The van der Waals surface area contributed by atoms with Crippen molar-refractivity contribution in [2.24, 2.45) is 23.2 Å². The van der Waals surface area contributed by atoms with Crippen LogP contribution in [-0.2, 0) is 38.5 Å². The highest BCUT2D eigenvalue weighted by Gasteiger charge is 2.62. The molecule has 0 amide bonds. The summed E-state index contributed by atoms with van der Waals surface area (Å²) in [7, 11) is -0.668. The Hall–Kier alpha value is -2.16. The molecule has 1 spiro atoms. The maximum Gasteiger partial charge on any atom is 0.302 e. The minimum Gasteiger partial charge on any atom is -0.462 e. The molecule has 3 aliphatic rings. The molecule has 0 aromatic heterocycles. The summed E-state index contributed by atoms with van der Waals surface area (Å²) >= 11 is 0. The number of benzene rings is 1. The van der Waals surface area contributed by atoms with Crippen molar-refractivity contribution < 1.29 is 41.8 Å². The number of esters is 1. The van der Waals surface area contributed by atoms with Crippen molar-refractivity contribution >= 4 is 21.7 Å². The standard InChI is InChI=1S/C28H42N2O10S/c1-20(31)40-26-16-22-14-21(17-38-18-36-2)15-27(39-19-37-3)28(22)11-5-13-29(12-4-6-25(26)28)41(34,35)24-9-7-23(8-10-24)30(32)33/h7-10,21-22,25-27H,4-6,11-19H2,1-3H3/t21?,22?,25-,26+,27?,28?/m1/s1. The SMILES string of the molecule is COCOCC1CC2C[C@H](OC(C)=O)[C@H]3CCCN(S(=O)(=O)c4ccc([N+](=O)[O-])cc4)CCCC23C(OCOC)C1. The quantitative estimate of drug-likeness (QED) is 0.121. The number of rotatable bonds is 11. The van der Waals surface area contributed by atoms with Gasteiger partial charge in [0.05, 0.1) is 22.5 Å². The zero-order valence-corrected chi connectivity index (χ0v) is 24.9. The molecule has 1 heterocycles. The van der Waals surface area contributed by atoms with Crippen molar-refractivity contribution in [3.8, 4) is 0 Å². The van der Waals surface area contributed by atoms with Crippen molar-refractivity contribution in [3.05, 3.63) is 34.4 Å². The fourth-order valence-electron chi connectivity index (χ4n) is 7.60. The minimum absolute atomic E-state index is 0.0149. The Morgan fingerprint density at radius 3 is 2.44 bits per heavy atom. The number of nitro groups is 1. The van der Waals surface area contributed by atoms with Crippen LogP contribution >= 0.6 is 0 Å². The lowest BCUT2D eigenvalue weighted by Gasteiger charge is -2.51. The maximum absolute atomic E-state index is 13.6. The molecule has 12 nitrogen and oxygen atoms in total. The molecule has 1 aromatic rings. The minimum atomic E-state index is -3.85. The van der Waals surface area contributed by atoms with Gasteiger partial charge in [-0.2, -0.15) is 4.31 Å². The Morgan fingerprint density at radius 1 is 1.07 bits per heavy atom. The van der Waals surface area contributed by atoms with E-state index < -0.39 is 14.9 Å². The van der Waals surface area contributed by atoms with Crippen LogP contribution in [0.2, 0.25) is 0 Å². The van der Waals surface area contributed by atoms with E-state index >= 15 is 0 Å². The third kappa shape index (κ3) is 6.91. The van der Waals surface area contributed by atoms with Crippen molar-refractivity contribution in [1.82, 2.24) is 4.31 Å². The van der Waals surface area contributed by atoms with Gasteiger partial charge in [0.2, 0.25) is 10.0 Å². The fourth-order valence-corrected chi connectivity index (χ4v) is 9.11. The Morgan fingerprint density at radius 2 is 1.78 bits per heavy atom. The zero-order valence-electron chi connectivity index (χ0n) is 24.1. The molecule has 4 unspecified atom stereocenters. The summed E-state index contributed by atoms with van der Waals surface area (Å²) in [5.41, 5.74) is -0.461. The van der Waals surface area contributed by atoms with Crippen LogP contribution in [0.1, 0.15) is 51.9 Å². The van der Waals surface area contributed by atoms with Gasteiger partial charge in [-0.25, -0.2) is 8.42 Å². The largest absolute Gasteiger partial charge is 0.462 e. The monoisotopic (exact) mass is 598 g/mol. The van der Waals surface area contributed by atoms with Gasteiger partial charge in [-0.3, -0.25) is 14.9 Å². The number of nitrogens with zero attached hydrogens (tertiary/aromatic N) is 2. The molecule has 4 rings (SSSR count). The Labute approximate surface area is 241 Å². The van der Waals surface area contributed by atoms with E-state index in [9.17, 15) is 23.3 Å². The maximum atomic E-state index is 13.6. The highest BCUT2D eigenvalue weighted by molar-refractivity contribution is 7.89. The molecule has 1 aromatic carbocycles. The van der Waals surface area contributed by atoms with E-state index in [2.05, 4.69) is 0 Å². The Kier molecular flexibility index (Phi) is 10.8. The van der Waals surface area contributed by atoms with Gasteiger partial charge < -0.3 is 23.7 Å². The van der Waals surface area contributed by atoms with Gasteiger partial charge in [0.15, 0.2) is 0 Å².